The highest BCUT2D eigenvalue weighted by molar-refractivity contribution is 9.10. The van der Waals surface area contributed by atoms with Gasteiger partial charge in [0, 0.05) is 64.7 Å². The molecule has 4 heterocycles. The van der Waals surface area contributed by atoms with Gasteiger partial charge in [-0.05, 0) is 124 Å². The van der Waals surface area contributed by atoms with E-state index in [1.807, 2.05) is 84.9 Å². The zero-order valence-corrected chi connectivity index (χ0v) is 50.9. The quantitative estimate of drug-likeness (QED) is 0.144. The van der Waals surface area contributed by atoms with Crippen LogP contribution in [0.2, 0.25) is 0 Å². The van der Waals surface area contributed by atoms with Crippen molar-refractivity contribution >= 4 is 121 Å². The van der Waals surface area contributed by atoms with E-state index >= 15 is 0 Å². The zero-order valence-electron chi connectivity index (χ0n) is 49.3. The van der Waals surface area contributed by atoms with E-state index in [0.717, 1.165) is 122 Å². The molecule has 0 radical (unpaired) electrons. The number of para-hydroxylation sites is 6. The smallest absolute Gasteiger partial charge is 0.143 e. The second kappa shape index (κ2) is 23.9. The van der Waals surface area contributed by atoms with Crippen LogP contribution in [0.25, 0.3) is 132 Å². The van der Waals surface area contributed by atoms with Crippen LogP contribution in [0.1, 0.15) is 11.1 Å². The van der Waals surface area contributed by atoms with Crippen molar-refractivity contribution in [3.05, 3.63) is 343 Å². The molecule has 0 aliphatic carbocycles. The highest BCUT2D eigenvalue weighted by Gasteiger charge is 2.21. The second-order valence-corrected chi connectivity index (χ2v) is 23.6. The monoisotopic (exact) mass is 1230 g/mol. The maximum absolute atomic E-state index is 6.36. The summed E-state index contributed by atoms with van der Waals surface area (Å²) in [4.78, 5) is 2.32. The van der Waals surface area contributed by atoms with Gasteiger partial charge in [-0.15, -0.1) is 0 Å². The summed E-state index contributed by atoms with van der Waals surface area (Å²) in [5, 5.41) is 9.11. The molecular weight excluding hydrogens is 1180 g/mol. The van der Waals surface area contributed by atoms with E-state index < -0.39 is 0 Å². The molecule has 0 unspecified atom stereocenters. The van der Waals surface area contributed by atoms with Gasteiger partial charge in [-0.1, -0.05) is 271 Å². The number of hydrogen-bond acceptors (Lipinski definition) is 5. The van der Waals surface area contributed by atoms with Crippen LogP contribution >= 0.6 is 15.9 Å². The molecule has 432 valence electrons. The van der Waals surface area contributed by atoms with Crippen molar-refractivity contribution in [2.24, 2.45) is 0 Å². The third-order valence-corrected chi connectivity index (χ3v) is 17.8. The number of anilines is 3. The summed E-state index contributed by atoms with van der Waals surface area (Å²) in [6.07, 6.45) is 0.921. The largest absolute Gasteiger partial charge is 0.456 e. The molecule has 0 N–H and O–H groups in total. The predicted octanol–water partition coefficient (Wildman–Crippen LogP) is 25.1. The first-order valence-electron chi connectivity index (χ1n) is 30.6. The maximum Gasteiger partial charge on any atom is 0.143 e. The van der Waals surface area contributed by atoms with Gasteiger partial charge in [0.2, 0.25) is 0 Å². The number of nitrogens with zero attached hydrogens (tertiary/aromatic N) is 1. The minimum Gasteiger partial charge on any atom is -0.456 e. The molecule has 0 atom stereocenters. The third-order valence-electron chi connectivity index (χ3n) is 17.2. The molecule has 0 spiro atoms. The lowest BCUT2D eigenvalue weighted by Gasteiger charge is -2.26. The predicted molar refractivity (Wildman–Crippen MR) is 382 cm³/mol. The molecule has 0 saturated heterocycles. The van der Waals surface area contributed by atoms with Crippen LogP contribution in [-0.2, 0) is 6.42 Å². The molecule has 0 fully saturated rings. The lowest BCUT2D eigenvalue weighted by molar-refractivity contribution is 0.668. The van der Waals surface area contributed by atoms with Crippen molar-refractivity contribution in [3.8, 4) is 44.5 Å². The first kappa shape index (κ1) is 54.9. The number of rotatable bonds is 9. The summed E-state index contributed by atoms with van der Waals surface area (Å²) in [5.41, 5.74) is 22.5. The van der Waals surface area contributed by atoms with Crippen LogP contribution in [0.5, 0.6) is 0 Å². The van der Waals surface area contributed by atoms with E-state index in [1.54, 1.807) is 0 Å². The maximum atomic E-state index is 6.36. The van der Waals surface area contributed by atoms with E-state index in [1.165, 1.54) is 49.7 Å². The Morgan fingerprint density at radius 3 is 1.08 bits per heavy atom. The Bertz CT molecular complexity index is 5610. The highest BCUT2D eigenvalue weighted by Crippen LogP contribution is 2.45. The Morgan fingerprint density at radius 1 is 0.242 bits per heavy atom. The van der Waals surface area contributed by atoms with Gasteiger partial charge in [-0.2, -0.15) is 0 Å². The molecule has 18 rings (SSSR count). The Labute approximate surface area is 534 Å². The van der Waals surface area contributed by atoms with Gasteiger partial charge >= 0.3 is 0 Å². The summed E-state index contributed by atoms with van der Waals surface area (Å²) < 4.78 is 25.7. The number of furan rings is 4. The standard InChI is InChI=1S/C42H27NO2.C31H22O.C12H7BrO/c1-2-10-28(11-3-1)29-20-24-31(25-21-29)43(37-16-9-19-40-41(37)36-13-5-7-18-39(36)44-40)32-26-22-30(23-27-32)33-14-8-15-35-34-12-4-6-17-38(34)45-42(33)35;1-2-7-24(8-3-1)25-17-13-22(14-18-25)21-23-15-19-26(20-16-23)27-10-6-11-29-28-9-4-5-12-30(28)32-31(27)29;13-9-5-3-7-11-12(9)8-4-1-2-6-10(8)14-11/h1-27H;1-20H,21H2;1-7H. The van der Waals surface area contributed by atoms with Crippen LogP contribution in [-0.4, -0.2) is 0 Å². The normalized spacial score (nSPS) is 11.4. The number of benzene rings is 14. The highest BCUT2D eigenvalue weighted by atomic mass is 79.9. The molecular formula is C85H56BrNO4. The van der Waals surface area contributed by atoms with Crippen molar-refractivity contribution in [1.82, 2.24) is 0 Å². The fourth-order valence-electron chi connectivity index (χ4n) is 12.8. The summed E-state index contributed by atoms with van der Waals surface area (Å²) >= 11 is 3.54. The lowest BCUT2D eigenvalue weighted by Crippen LogP contribution is -2.10. The van der Waals surface area contributed by atoms with E-state index in [2.05, 4.69) is 263 Å². The SMILES string of the molecule is Brc1cccc2oc3ccccc3c12.c1ccc(-c2ccc(Cc3ccc(-c4cccc5c4oc4ccccc45)cc3)cc2)cc1.c1ccc(-c2ccc(N(c3ccc(-c4cccc5c4oc4ccccc45)cc3)c3cccc4oc5ccccc5c34)cc2)cc1. The van der Waals surface area contributed by atoms with Crippen molar-refractivity contribution in [2.75, 3.05) is 4.90 Å². The minimum atomic E-state index is 0.868. The Balaban J connectivity index is 0.000000124. The topological polar surface area (TPSA) is 55.8 Å². The van der Waals surface area contributed by atoms with Gasteiger partial charge in [0.1, 0.15) is 44.7 Å². The van der Waals surface area contributed by atoms with Gasteiger partial charge in [-0.25, -0.2) is 0 Å². The summed E-state index contributed by atoms with van der Waals surface area (Å²) in [7, 11) is 0. The molecule has 0 saturated carbocycles. The first-order valence-corrected chi connectivity index (χ1v) is 31.4. The zero-order chi connectivity index (χ0) is 60.6. The number of hydrogen-bond donors (Lipinski definition) is 0. The van der Waals surface area contributed by atoms with Crippen LogP contribution in [0.15, 0.2) is 350 Å². The van der Waals surface area contributed by atoms with Crippen molar-refractivity contribution in [2.45, 2.75) is 6.42 Å². The Morgan fingerprint density at radius 2 is 0.582 bits per heavy atom. The third kappa shape index (κ3) is 10.6. The fraction of sp³-hybridized carbons (Fsp3) is 0.0118. The van der Waals surface area contributed by atoms with E-state index in [4.69, 9.17) is 17.7 Å². The average molecular weight is 1240 g/mol. The summed E-state index contributed by atoms with van der Waals surface area (Å²) in [6, 6.07) is 114. The van der Waals surface area contributed by atoms with Gasteiger partial charge < -0.3 is 22.6 Å². The molecule has 4 aromatic heterocycles. The Kier molecular flexibility index (Phi) is 14.4. The molecule has 14 aromatic carbocycles. The van der Waals surface area contributed by atoms with Gasteiger partial charge in [0.05, 0.1) is 11.1 Å². The summed E-state index contributed by atoms with van der Waals surface area (Å²) in [5.74, 6) is 0. The van der Waals surface area contributed by atoms with E-state index in [-0.39, 0.29) is 0 Å². The second-order valence-electron chi connectivity index (χ2n) is 22.8. The van der Waals surface area contributed by atoms with Gasteiger partial charge in [-0.3, -0.25) is 0 Å². The summed E-state index contributed by atoms with van der Waals surface area (Å²) in [6.45, 7) is 0. The number of halogens is 1. The van der Waals surface area contributed by atoms with Crippen molar-refractivity contribution in [1.29, 1.82) is 0 Å². The first-order chi connectivity index (χ1) is 45.0. The van der Waals surface area contributed by atoms with Crippen molar-refractivity contribution < 1.29 is 17.7 Å². The lowest BCUT2D eigenvalue weighted by atomic mass is 9.98. The Hall–Kier alpha value is -11.4. The molecule has 0 bridgehead atoms. The fourth-order valence-corrected chi connectivity index (χ4v) is 13.3. The van der Waals surface area contributed by atoms with Crippen LogP contribution < -0.4 is 4.90 Å². The number of fused-ring (bicyclic) bond motifs is 12. The van der Waals surface area contributed by atoms with Crippen LogP contribution in [0.3, 0.4) is 0 Å². The molecule has 0 aliphatic rings. The molecule has 6 heteroatoms. The molecule has 91 heavy (non-hydrogen) atoms. The van der Waals surface area contributed by atoms with E-state index in [9.17, 15) is 0 Å². The molecule has 5 nitrogen and oxygen atoms in total. The van der Waals surface area contributed by atoms with E-state index in [0.29, 0.717) is 0 Å². The minimum absolute atomic E-state index is 0.868. The average Bonchev–Trinajstić information content (AvgIpc) is 1.80. The van der Waals surface area contributed by atoms with Crippen LogP contribution in [0, 0.1) is 0 Å². The molecule has 0 aliphatic heterocycles. The van der Waals surface area contributed by atoms with Crippen molar-refractivity contribution in [3.63, 3.8) is 0 Å². The molecule has 18 aromatic rings. The van der Waals surface area contributed by atoms with Gasteiger partial charge in [0.25, 0.3) is 0 Å². The van der Waals surface area contributed by atoms with Gasteiger partial charge in [0.15, 0.2) is 0 Å². The molecule has 0 amide bonds. The van der Waals surface area contributed by atoms with Crippen LogP contribution in [0.4, 0.5) is 17.1 Å².